The predicted octanol–water partition coefficient (Wildman–Crippen LogP) is 3.23. The number of hydrogen-bond acceptors (Lipinski definition) is 1. The average Bonchev–Trinajstić information content (AvgIpc) is 1.92. The Morgan fingerprint density at radius 1 is 1.23 bits per heavy atom. The largest absolute Gasteiger partial charge is 0.416 e. The van der Waals surface area contributed by atoms with Crippen molar-refractivity contribution < 1.29 is 13.2 Å². The zero-order valence-corrected chi connectivity index (χ0v) is 6.44. The predicted molar refractivity (Wildman–Crippen MR) is 47.3 cm³/mol. The van der Waals surface area contributed by atoms with E-state index in [0.29, 0.717) is 11.3 Å². The van der Waals surface area contributed by atoms with Gasteiger partial charge in [0, 0.05) is 5.69 Å². The highest BCUT2D eigenvalue weighted by atomic mass is 19.4. The Morgan fingerprint density at radius 3 is 2.15 bits per heavy atom. The lowest BCUT2D eigenvalue weighted by Gasteiger charge is -2.08. The molecule has 74 valence electrons. The van der Waals surface area contributed by atoms with E-state index in [1.54, 1.807) is 6.92 Å². The van der Waals surface area contributed by atoms with E-state index in [0.717, 1.165) is 12.1 Å². The van der Waals surface area contributed by atoms with E-state index < -0.39 is 11.7 Å². The van der Waals surface area contributed by atoms with Crippen molar-refractivity contribution in [2.45, 2.75) is 20.5 Å². The third-order valence-corrected chi connectivity index (χ3v) is 1.60. The number of anilines is 1. The van der Waals surface area contributed by atoms with E-state index in [9.17, 15) is 13.2 Å². The van der Waals surface area contributed by atoms with E-state index >= 15 is 0 Å². The Bertz CT molecular complexity index is 291. The number of alkyl halides is 3. The van der Waals surface area contributed by atoms with Crippen LogP contribution in [0.4, 0.5) is 18.9 Å². The molecule has 1 aromatic carbocycles. The van der Waals surface area contributed by atoms with Crippen LogP contribution in [0.15, 0.2) is 18.2 Å². The summed E-state index contributed by atoms with van der Waals surface area (Å²) in [5.41, 5.74) is 5.53. The van der Waals surface area contributed by atoms with Gasteiger partial charge in [-0.15, -0.1) is 0 Å². The SMILES string of the molecule is C.Cc1cc(C(F)(F)F)ccc1N. The minimum absolute atomic E-state index is 0. The summed E-state index contributed by atoms with van der Waals surface area (Å²) in [6.45, 7) is 1.55. The molecule has 4 heteroatoms. The number of aryl methyl sites for hydroxylation is 1. The summed E-state index contributed by atoms with van der Waals surface area (Å²) >= 11 is 0. The molecule has 0 radical (unpaired) electrons. The van der Waals surface area contributed by atoms with Crippen LogP contribution >= 0.6 is 0 Å². The van der Waals surface area contributed by atoms with Gasteiger partial charge in [-0.2, -0.15) is 13.2 Å². The van der Waals surface area contributed by atoms with E-state index in [1.807, 2.05) is 0 Å². The van der Waals surface area contributed by atoms with Crippen LogP contribution in [-0.4, -0.2) is 0 Å². The Kier molecular flexibility index (Phi) is 3.34. The molecule has 0 bridgehead atoms. The van der Waals surface area contributed by atoms with Crippen LogP contribution in [0.2, 0.25) is 0 Å². The summed E-state index contributed by atoms with van der Waals surface area (Å²) < 4.78 is 36.2. The second-order valence-corrected chi connectivity index (χ2v) is 2.57. The Balaban J connectivity index is 0.00000144. The molecule has 0 atom stereocenters. The van der Waals surface area contributed by atoms with Gasteiger partial charge in [0.05, 0.1) is 5.56 Å². The van der Waals surface area contributed by atoms with Gasteiger partial charge in [-0.3, -0.25) is 0 Å². The number of benzene rings is 1. The molecule has 0 amide bonds. The highest BCUT2D eigenvalue weighted by Crippen LogP contribution is 2.30. The first kappa shape index (κ1) is 11.8. The summed E-state index contributed by atoms with van der Waals surface area (Å²) in [6.07, 6.45) is -4.28. The molecular formula is C9H12F3N. The Labute approximate surface area is 75.4 Å². The number of hydrogen-bond donors (Lipinski definition) is 1. The van der Waals surface area contributed by atoms with Gasteiger partial charge in [0.15, 0.2) is 0 Å². The molecule has 1 rings (SSSR count). The fraction of sp³-hybridized carbons (Fsp3) is 0.333. The van der Waals surface area contributed by atoms with Gasteiger partial charge < -0.3 is 5.73 Å². The number of nitrogens with two attached hydrogens (primary N) is 1. The highest BCUT2D eigenvalue weighted by molar-refractivity contribution is 5.48. The summed E-state index contributed by atoms with van der Waals surface area (Å²) in [5.74, 6) is 0. The van der Waals surface area contributed by atoms with Crippen LogP contribution in [0, 0.1) is 6.92 Å². The molecule has 0 aliphatic heterocycles. The molecule has 0 unspecified atom stereocenters. The molecule has 2 N–H and O–H groups in total. The van der Waals surface area contributed by atoms with Gasteiger partial charge in [-0.05, 0) is 30.7 Å². The standard InChI is InChI=1S/C8H8F3N.CH4/c1-5-4-6(8(9,10)11)2-3-7(5)12;/h2-4H,12H2,1H3;1H4. The lowest BCUT2D eigenvalue weighted by Crippen LogP contribution is -2.05. The van der Waals surface area contributed by atoms with Gasteiger partial charge in [0.25, 0.3) is 0 Å². The topological polar surface area (TPSA) is 26.0 Å². The maximum Gasteiger partial charge on any atom is 0.416 e. The molecule has 13 heavy (non-hydrogen) atoms. The lowest BCUT2D eigenvalue weighted by molar-refractivity contribution is -0.137. The smallest absolute Gasteiger partial charge is 0.399 e. The molecule has 0 heterocycles. The highest BCUT2D eigenvalue weighted by Gasteiger charge is 2.30. The van der Waals surface area contributed by atoms with Gasteiger partial charge >= 0.3 is 6.18 Å². The first-order valence-corrected chi connectivity index (χ1v) is 3.34. The van der Waals surface area contributed by atoms with E-state index in [4.69, 9.17) is 5.73 Å². The molecule has 1 nitrogen and oxygen atoms in total. The molecule has 0 saturated heterocycles. The molecule has 0 aromatic heterocycles. The van der Waals surface area contributed by atoms with Crippen molar-refractivity contribution in [3.63, 3.8) is 0 Å². The number of halogens is 3. The molecule has 0 saturated carbocycles. The van der Waals surface area contributed by atoms with Crippen molar-refractivity contribution >= 4 is 5.69 Å². The van der Waals surface area contributed by atoms with Crippen LogP contribution in [0.3, 0.4) is 0 Å². The number of nitrogen functional groups attached to an aromatic ring is 1. The third kappa shape index (κ3) is 2.65. The van der Waals surface area contributed by atoms with E-state index in [-0.39, 0.29) is 7.43 Å². The fourth-order valence-electron chi connectivity index (χ4n) is 0.852. The zero-order chi connectivity index (χ0) is 9.35. The van der Waals surface area contributed by atoms with E-state index in [1.165, 1.54) is 6.07 Å². The molecule has 0 aliphatic rings. The summed E-state index contributed by atoms with van der Waals surface area (Å²) in [4.78, 5) is 0. The quantitative estimate of drug-likeness (QED) is 0.626. The lowest BCUT2D eigenvalue weighted by atomic mass is 10.1. The van der Waals surface area contributed by atoms with Crippen molar-refractivity contribution in [2.24, 2.45) is 0 Å². The minimum Gasteiger partial charge on any atom is -0.399 e. The van der Waals surface area contributed by atoms with Gasteiger partial charge in [-0.25, -0.2) is 0 Å². The Hall–Kier alpha value is -1.19. The van der Waals surface area contributed by atoms with Gasteiger partial charge in [-0.1, -0.05) is 7.43 Å². The van der Waals surface area contributed by atoms with Crippen LogP contribution in [0.5, 0.6) is 0 Å². The third-order valence-electron chi connectivity index (χ3n) is 1.60. The maximum absolute atomic E-state index is 12.1. The fourth-order valence-corrected chi connectivity index (χ4v) is 0.852. The molecule has 0 spiro atoms. The number of rotatable bonds is 0. The van der Waals surface area contributed by atoms with Crippen LogP contribution in [0.25, 0.3) is 0 Å². The molecule has 1 aromatic rings. The van der Waals surface area contributed by atoms with Crippen molar-refractivity contribution in [3.05, 3.63) is 29.3 Å². The summed E-state index contributed by atoms with van der Waals surface area (Å²) in [5, 5.41) is 0. The van der Waals surface area contributed by atoms with E-state index in [2.05, 4.69) is 0 Å². The first-order valence-electron chi connectivity index (χ1n) is 3.34. The van der Waals surface area contributed by atoms with Crippen molar-refractivity contribution in [1.82, 2.24) is 0 Å². The minimum atomic E-state index is -4.28. The maximum atomic E-state index is 12.1. The zero-order valence-electron chi connectivity index (χ0n) is 6.44. The van der Waals surface area contributed by atoms with Crippen LogP contribution in [0.1, 0.15) is 18.6 Å². The summed E-state index contributed by atoms with van der Waals surface area (Å²) in [6, 6.07) is 3.27. The van der Waals surface area contributed by atoms with Crippen molar-refractivity contribution in [1.29, 1.82) is 0 Å². The van der Waals surface area contributed by atoms with Crippen LogP contribution in [-0.2, 0) is 6.18 Å². The average molecular weight is 191 g/mol. The second-order valence-electron chi connectivity index (χ2n) is 2.57. The normalized spacial score (nSPS) is 10.8. The van der Waals surface area contributed by atoms with Crippen LogP contribution < -0.4 is 5.73 Å². The molecular weight excluding hydrogens is 179 g/mol. The summed E-state index contributed by atoms with van der Waals surface area (Å²) in [7, 11) is 0. The molecule has 0 fully saturated rings. The molecule has 0 aliphatic carbocycles. The first-order chi connectivity index (χ1) is 5.41. The van der Waals surface area contributed by atoms with Gasteiger partial charge in [0.1, 0.15) is 0 Å². The van der Waals surface area contributed by atoms with Crippen molar-refractivity contribution in [3.8, 4) is 0 Å². The monoisotopic (exact) mass is 191 g/mol. The van der Waals surface area contributed by atoms with Gasteiger partial charge in [0.2, 0.25) is 0 Å². The Morgan fingerprint density at radius 2 is 1.77 bits per heavy atom. The second kappa shape index (κ2) is 3.68. The van der Waals surface area contributed by atoms with Crippen molar-refractivity contribution in [2.75, 3.05) is 5.73 Å².